The van der Waals surface area contributed by atoms with Crippen molar-refractivity contribution in [2.75, 3.05) is 14.2 Å². The highest BCUT2D eigenvalue weighted by molar-refractivity contribution is 9.10. The van der Waals surface area contributed by atoms with Crippen LogP contribution < -0.4 is 20.5 Å². The molecule has 0 radical (unpaired) electrons. The van der Waals surface area contributed by atoms with Gasteiger partial charge in [0, 0.05) is 34.0 Å². The highest BCUT2D eigenvalue weighted by atomic mass is 79.9. The number of nitrogens with zero attached hydrogens (tertiary/aromatic N) is 3. The summed E-state index contributed by atoms with van der Waals surface area (Å²) < 4.78 is 31.8. The summed E-state index contributed by atoms with van der Waals surface area (Å²) in [6, 6.07) is 13.1. The number of hydrogen-bond acceptors (Lipinski definition) is 7. The normalized spacial score (nSPS) is 10.8. The Morgan fingerprint density at radius 3 is 2.62 bits per heavy atom. The number of methoxy groups -OCH3 is 2. The predicted molar refractivity (Wildman–Crippen MR) is 138 cm³/mol. The first-order valence-corrected chi connectivity index (χ1v) is 11.8. The molecule has 0 aliphatic carbocycles. The van der Waals surface area contributed by atoms with Gasteiger partial charge in [-0.1, -0.05) is 18.2 Å². The lowest BCUT2D eigenvalue weighted by Gasteiger charge is -2.13. The van der Waals surface area contributed by atoms with Gasteiger partial charge in [-0.15, -0.1) is 0 Å². The summed E-state index contributed by atoms with van der Waals surface area (Å²) in [5.41, 5.74) is 3.66. The van der Waals surface area contributed by atoms with Crippen LogP contribution in [-0.4, -0.2) is 30.9 Å². The van der Waals surface area contributed by atoms with Gasteiger partial charge in [-0.25, -0.2) is 9.82 Å². The predicted octanol–water partition coefficient (Wildman–Crippen LogP) is 3.81. The molecule has 1 amide bonds. The maximum Gasteiger partial charge on any atom is 0.269 e. The molecule has 0 aliphatic heterocycles. The second-order valence-corrected chi connectivity index (χ2v) is 8.67. The molecule has 0 unspecified atom stereocenters. The van der Waals surface area contributed by atoms with Gasteiger partial charge in [0.05, 0.1) is 19.9 Å². The Hall–Kier alpha value is -4.01. The molecule has 3 rings (SSSR count). The zero-order chi connectivity index (χ0) is 26.9. The van der Waals surface area contributed by atoms with E-state index in [1.807, 2.05) is 6.07 Å². The number of nitriles is 1. The van der Waals surface area contributed by atoms with E-state index in [1.54, 1.807) is 43.3 Å². The number of pyridine rings is 1. The van der Waals surface area contributed by atoms with E-state index in [0.717, 1.165) is 0 Å². The number of halogens is 2. The standard InChI is InChI=1S/C26H24BrFN4O5/c1-16-8-19(14-35-2)20(11-29)26(34)32(16)13-25(33)31-30-12-18-9-23(36-3)24(10-21(18)27)37-15-17-6-4-5-7-22(17)28/h4-10,12H,13-15H2,1-3H3,(H,31,33)/b30-12+. The van der Waals surface area contributed by atoms with E-state index in [9.17, 15) is 19.2 Å². The van der Waals surface area contributed by atoms with Crippen molar-refractivity contribution >= 4 is 28.1 Å². The van der Waals surface area contributed by atoms with E-state index in [-0.39, 0.29) is 31.1 Å². The second kappa shape index (κ2) is 12.8. The van der Waals surface area contributed by atoms with Gasteiger partial charge >= 0.3 is 0 Å². The second-order valence-electron chi connectivity index (χ2n) is 7.82. The third-order valence-corrected chi connectivity index (χ3v) is 6.01. The first-order valence-electron chi connectivity index (χ1n) is 11.0. The van der Waals surface area contributed by atoms with Gasteiger partial charge in [0.1, 0.15) is 30.6 Å². The fourth-order valence-corrected chi connectivity index (χ4v) is 3.89. The number of aromatic nitrogens is 1. The molecule has 11 heteroatoms. The highest BCUT2D eigenvalue weighted by Gasteiger charge is 2.15. The molecule has 0 fully saturated rings. The fourth-order valence-electron chi connectivity index (χ4n) is 3.47. The molecule has 0 atom stereocenters. The molecule has 192 valence electrons. The van der Waals surface area contributed by atoms with Crippen LogP contribution >= 0.6 is 15.9 Å². The smallest absolute Gasteiger partial charge is 0.269 e. The van der Waals surface area contributed by atoms with Crippen LogP contribution in [0.2, 0.25) is 0 Å². The minimum atomic E-state index is -0.577. The molecule has 2 aromatic carbocycles. The molecule has 0 spiro atoms. The van der Waals surface area contributed by atoms with Crippen LogP contribution in [0.5, 0.6) is 11.5 Å². The molecule has 0 bridgehead atoms. The molecule has 0 saturated heterocycles. The summed E-state index contributed by atoms with van der Waals surface area (Å²) in [5.74, 6) is -0.154. The Labute approximate surface area is 221 Å². The molecular weight excluding hydrogens is 547 g/mol. The van der Waals surface area contributed by atoms with E-state index in [0.29, 0.717) is 38.4 Å². The summed E-state index contributed by atoms with van der Waals surface area (Å²) in [5, 5.41) is 13.3. The summed E-state index contributed by atoms with van der Waals surface area (Å²) in [6.07, 6.45) is 1.39. The maximum absolute atomic E-state index is 13.9. The lowest BCUT2D eigenvalue weighted by atomic mass is 10.1. The van der Waals surface area contributed by atoms with Crippen molar-refractivity contribution in [1.29, 1.82) is 5.26 Å². The number of carbonyl (C=O) groups is 1. The van der Waals surface area contributed by atoms with Crippen LogP contribution in [0.1, 0.15) is 27.9 Å². The van der Waals surface area contributed by atoms with Gasteiger partial charge in [0.2, 0.25) is 0 Å². The Balaban J connectivity index is 1.70. The monoisotopic (exact) mass is 570 g/mol. The molecule has 0 saturated carbocycles. The number of amides is 1. The Morgan fingerprint density at radius 1 is 1.19 bits per heavy atom. The number of hydrogen-bond donors (Lipinski definition) is 1. The van der Waals surface area contributed by atoms with Gasteiger partial charge in [-0.2, -0.15) is 10.4 Å². The van der Waals surface area contributed by atoms with Gasteiger partial charge in [-0.05, 0) is 47.1 Å². The van der Waals surface area contributed by atoms with E-state index in [4.69, 9.17) is 14.2 Å². The van der Waals surface area contributed by atoms with E-state index in [2.05, 4.69) is 26.5 Å². The SMILES string of the molecule is COCc1cc(C)n(CC(=O)N/N=C/c2cc(OC)c(OCc3ccccc3F)cc2Br)c(=O)c1C#N. The summed E-state index contributed by atoms with van der Waals surface area (Å²) >= 11 is 3.43. The lowest BCUT2D eigenvalue weighted by molar-refractivity contribution is -0.121. The number of ether oxygens (including phenoxy) is 3. The van der Waals surface area contributed by atoms with Crippen LogP contribution in [0.3, 0.4) is 0 Å². The molecular formula is C26H24BrFN4O5. The molecule has 3 aromatic rings. The zero-order valence-electron chi connectivity index (χ0n) is 20.4. The summed E-state index contributed by atoms with van der Waals surface area (Å²) in [7, 11) is 2.93. The molecule has 1 aromatic heterocycles. The van der Waals surface area contributed by atoms with Crippen molar-refractivity contribution < 1.29 is 23.4 Å². The van der Waals surface area contributed by atoms with Crippen LogP contribution in [0.15, 0.2) is 56.8 Å². The molecule has 1 N–H and O–H groups in total. The van der Waals surface area contributed by atoms with Gasteiger partial charge < -0.3 is 18.8 Å². The van der Waals surface area contributed by atoms with Crippen molar-refractivity contribution in [3.63, 3.8) is 0 Å². The Morgan fingerprint density at radius 2 is 1.95 bits per heavy atom. The third-order valence-electron chi connectivity index (χ3n) is 5.32. The maximum atomic E-state index is 13.9. The topological polar surface area (TPSA) is 115 Å². The quantitative estimate of drug-likeness (QED) is 0.293. The van der Waals surface area contributed by atoms with Crippen LogP contribution in [0.25, 0.3) is 0 Å². The summed E-state index contributed by atoms with van der Waals surface area (Å²) in [6.45, 7) is 1.47. The largest absolute Gasteiger partial charge is 0.493 e. The van der Waals surface area contributed by atoms with E-state index < -0.39 is 11.5 Å². The van der Waals surface area contributed by atoms with Crippen molar-refractivity contribution in [3.8, 4) is 17.6 Å². The first-order chi connectivity index (χ1) is 17.8. The minimum absolute atomic E-state index is 0.0116. The van der Waals surface area contributed by atoms with Gasteiger partial charge in [0.15, 0.2) is 11.5 Å². The fraction of sp³-hybridized carbons (Fsp3) is 0.231. The van der Waals surface area contributed by atoms with Crippen LogP contribution in [0, 0.1) is 24.1 Å². The zero-order valence-corrected chi connectivity index (χ0v) is 22.0. The van der Waals surface area contributed by atoms with Crippen molar-refractivity contribution in [3.05, 3.63) is 91.1 Å². The van der Waals surface area contributed by atoms with Crippen molar-refractivity contribution in [1.82, 2.24) is 9.99 Å². The molecule has 0 aliphatic rings. The average molecular weight is 571 g/mol. The van der Waals surface area contributed by atoms with Gasteiger partial charge in [-0.3, -0.25) is 9.59 Å². The van der Waals surface area contributed by atoms with Crippen LogP contribution in [-0.2, 0) is 29.3 Å². The van der Waals surface area contributed by atoms with Crippen molar-refractivity contribution in [2.24, 2.45) is 5.10 Å². The third kappa shape index (κ3) is 6.81. The number of benzene rings is 2. The van der Waals surface area contributed by atoms with Crippen LogP contribution in [0.4, 0.5) is 4.39 Å². The highest BCUT2D eigenvalue weighted by Crippen LogP contribution is 2.33. The first kappa shape index (κ1) is 27.6. The number of nitrogens with one attached hydrogen (secondary N) is 1. The van der Waals surface area contributed by atoms with E-state index in [1.165, 1.54) is 31.1 Å². The number of aryl methyl sites for hydroxylation is 1. The van der Waals surface area contributed by atoms with E-state index >= 15 is 0 Å². The average Bonchev–Trinajstić information content (AvgIpc) is 2.87. The number of carbonyl (C=O) groups excluding carboxylic acids is 1. The molecule has 1 heterocycles. The van der Waals surface area contributed by atoms with Crippen molar-refractivity contribution in [2.45, 2.75) is 26.7 Å². The molecule has 37 heavy (non-hydrogen) atoms. The minimum Gasteiger partial charge on any atom is -0.493 e. The lowest BCUT2D eigenvalue weighted by Crippen LogP contribution is -2.33. The number of rotatable bonds is 10. The summed E-state index contributed by atoms with van der Waals surface area (Å²) in [4.78, 5) is 25.1. The molecule has 9 nitrogen and oxygen atoms in total. The number of hydrazone groups is 1. The van der Waals surface area contributed by atoms with Gasteiger partial charge in [0.25, 0.3) is 11.5 Å². The Bertz CT molecular complexity index is 1430. The Kier molecular flexibility index (Phi) is 9.54.